The van der Waals surface area contributed by atoms with E-state index in [0.29, 0.717) is 5.56 Å². The van der Waals surface area contributed by atoms with Crippen molar-refractivity contribution in [3.05, 3.63) is 39.7 Å². The van der Waals surface area contributed by atoms with Gasteiger partial charge in [0.2, 0.25) is 0 Å². The van der Waals surface area contributed by atoms with Crippen LogP contribution in [0.2, 0.25) is 0 Å². The van der Waals surface area contributed by atoms with E-state index < -0.39 is 10.7 Å². The van der Waals surface area contributed by atoms with E-state index in [-0.39, 0.29) is 23.1 Å². The molecule has 0 saturated heterocycles. The van der Waals surface area contributed by atoms with Crippen molar-refractivity contribution >= 4 is 5.69 Å². The largest absolute Gasteiger partial charge is 0.327 e. The molecule has 0 aromatic heterocycles. The van der Waals surface area contributed by atoms with E-state index in [1.165, 1.54) is 12.1 Å². The summed E-state index contributed by atoms with van der Waals surface area (Å²) in [6.07, 6.45) is 0. The van der Waals surface area contributed by atoms with Crippen molar-refractivity contribution in [1.29, 1.82) is 0 Å². The van der Waals surface area contributed by atoms with E-state index >= 15 is 0 Å². The summed E-state index contributed by atoms with van der Waals surface area (Å²) in [5.74, 6) is -0.552. The number of hydrogen-bond donors (Lipinski definition) is 1. The predicted molar refractivity (Wildman–Crippen MR) is 57.6 cm³/mol. The van der Waals surface area contributed by atoms with Crippen LogP contribution < -0.4 is 5.73 Å². The molecular formula is C11H13FN2O2. The first-order chi connectivity index (χ1) is 7.35. The van der Waals surface area contributed by atoms with Gasteiger partial charge in [0.05, 0.1) is 4.92 Å². The van der Waals surface area contributed by atoms with Crippen LogP contribution in [0.4, 0.5) is 10.1 Å². The Morgan fingerprint density at radius 3 is 2.50 bits per heavy atom. The molecule has 1 fully saturated rings. The minimum absolute atomic E-state index is 0.0914. The first-order valence-corrected chi connectivity index (χ1v) is 5.05. The smallest absolute Gasteiger partial charge is 0.269 e. The Labute approximate surface area is 92.4 Å². The lowest BCUT2D eigenvalue weighted by atomic mass is 10.0. The minimum atomic E-state index is -0.524. The van der Waals surface area contributed by atoms with Crippen molar-refractivity contribution < 1.29 is 9.31 Å². The maximum Gasteiger partial charge on any atom is 0.269 e. The topological polar surface area (TPSA) is 69.2 Å². The highest BCUT2D eigenvalue weighted by molar-refractivity contribution is 5.42. The molecule has 0 amide bonds. The number of nitrogens with zero attached hydrogens (tertiary/aromatic N) is 1. The number of nitro benzene ring substituents is 1. The second-order valence-corrected chi connectivity index (χ2v) is 4.79. The van der Waals surface area contributed by atoms with Crippen molar-refractivity contribution in [3.63, 3.8) is 0 Å². The first-order valence-electron chi connectivity index (χ1n) is 5.05. The molecule has 5 heteroatoms. The fourth-order valence-electron chi connectivity index (χ4n) is 2.15. The van der Waals surface area contributed by atoms with E-state index in [4.69, 9.17) is 5.73 Å². The Morgan fingerprint density at radius 1 is 1.50 bits per heavy atom. The summed E-state index contributed by atoms with van der Waals surface area (Å²) in [4.78, 5) is 10.1. The lowest BCUT2D eigenvalue weighted by molar-refractivity contribution is -0.385. The maximum atomic E-state index is 13.6. The molecule has 86 valence electrons. The van der Waals surface area contributed by atoms with Gasteiger partial charge in [-0.15, -0.1) is 0 Å². The Balaban J connectivity index is 2.42. The van der Waals surface area contributed by atoms with Crippen molar-refractivity contribution in [2.45, 2.75) is 25.8 Å². The first kappa shape index (κ1) is 11.0. The summed E-state index contributed by atoms with van der Waals surface area (Å²) in [6.45, 7) is 3.86. The van der Waals surface area contributed by atoms with Gasteiger partial charge in [0.1, 0.15) is 5.82 Å². The average molecular weight is 224 g/mol. The number of nitrogens with two attached hydrogens (primary N) is 1. The van der Waals surface area contributed by atoms with E-state index in [9.17, 15) is 14.5 Å². The van der Waals surface area contributed by atoms with Gasteiger partial charge < -0.3 is 5.73 Å². The van der Waals surface area contributed by atoms with Crippen molar-refractivity contribution in [2.24, 2.45) is 11.1 Å². The summed E-state index contributed by atoms with van der Waals surface area (Å²) < 4.78 is 13.6. The minimum Gasteiger partial charge on any atom is -0.327 e. The number of rotatable bonds is 2. The van der Waals surface area contributed by atoms with E-state index in [2.05, 4.69) is 0 Å². The van der Waals surface area contributed by atoms with Gasteiger partial charge in [-0.1, -0.05) is 13.8 Å². The molecular weight excluding hydrogens is 211 g/mol. The third-order valence-electron chi connectivity index (χ3n) is 3.44. The van der Waals surface area contributed by atoms with Gasteiger partial charge in [-0.3, -0.25) is 10.1 Å². The van der Waals surface area contributed by atoms with E-state index in [1.54, 1.807) is 0 Å². The fraction of sp³-hybridized carbons (Fsp3) is 0.455. The molecule has 2 rings (SSSR count). The van der Waals surface area contributed by atoms with Crippen molar-refractivity contribution in [3.8, 4) is 0 Å². The lowest BCUT2D eigenvalue weighted by Gasteiger charge is -2.04. The van der Waals surface area contributed by atoms with Gasteiger partial charge in [-0.2, -0.15) is 0 Å². The predicted octanol–water partition coefficient (Wildman–Crippen LogP) is 2.18. The van der Waals surface area contributed by atoms with Gasteiger partial charge in [0.25, 0.3) is 5.69 Å². The molecule has 2 unspecified atom stereocenters. The molecule has 2 N–H and O–H groups in total. The molecule has 0 radical (unpaired) electrons. The normalized spacial score (nSPS) is 26.5. The second-order valence-electron chi connectivity index (χ2n) is 4.79. The van der Waals surface area contributed by atoms with Gasteiger partial charge in [-0.05, 0) is 17.0 Å². The zero-order valence-electron chi connectivity index (χ0n) is 9.11. The highest BCUT2D eigenvalue weighted by Gasteiger charge is 2.57. The van der Waals surface area contributed by atoms with Crippen LogP contribution in [0, 0.1) is 21.3 Å². The molecule has 1 aliphatic carbocycles. The Bertz CT molecular complexity index is 459. The Hall–Kier alpha value is -1.49. The maximum absolute atomic E-state index is 13.6. The van der Waals surface area contributed by atoms with Crippen LogP contribution in [0.5, 0.6) is 0 Å². The van der Waals surface area contributed by atoms with E-state index in [0.717, 1.165) is 6.07 Å². The Kier molecular flexibility index (Phi) is 2.24. The third kappa shape index (κ3) is 1.48. The van der Waals surface area contributed by atoms with Crippen LogP contribution in [-0.4, -0.2) is 11.0 Å². The molecule has 2 atom stereocenters. The SMILES string of the molecule is CC1(C)C(N)C1c1cc([N+](=O)[O-])ccc1F. The van der Waals surface area contributed by atoms with Crippen LogP contribution in [0.15, 0.2) is 18.2 Å². The number of benzene rings is 1. The highest BCUT2D eigenvalue weighted by atomic mass is 19.1. The summed E-state index contributed by atoms with van der Waals surface area (Å²) in [6, 6.07) is 3.45. The van der Waals surface area contributed by atoms with Crippen LogP contribution in [-0.2, 0) is 0 Å². The molecule has 0 heterocycles. The summed E-state index contributed by atoms with van der Waals surface area (Å²) in [5, 5.41) is 10.6. The molecule has 4 nitrogen and oxygen atoms in total. The molecule has 1 saturated carbocycles. The number of halogens is 1. The van der Waals surface area contributed by atoms with Crippen LogP contribution >= 0.6 is 0 Å². The zero-order valence-corrected chi connectivity index (χ0v) is 9.11. The highest BCUT2D eigenvalue weighted by Crippen LogP contribution is 2.58. The number of non-ortho nitro benzene ring substituents is 1. The van der Waals surface area contributed by atoms with Crippen LogP contribution in [0.1, 0.15) is 25.3 Å². The molecule has 1 aliphatic rings. The monoisotopic (exact) mass is 224 g/mol. The van der Waals surface area contributed by atoms with Gasteiger partial charge in [0, 0.05) is 24.1 Å². The summed E-state index contributed by atoms with van der Waals surface area (Å²) >= 11 is 0. The number of nitro groups is 1. The van der Waals surface area contributed by atoms with Crippen LogP contribution in [0.3, 0.4) is 0 Å². The van der Waals surface area contributed by atoms with E-state index in [1.807, 2.05) is 13.8 Å². The quantitative estimate of drug-likeness (QED) is 0.618. The fourth-order valence-corrected chi connectivity index (χ4v) is 2.15. The lowest BCUT2D eigenvalue weighted by Crippen LogP contribution is -2.06. The zero-order chi connectivity index (χ0) is 12.1. The number of hydrogen-bond acceptors (Lipinski definition) is 3. The average Bonchev–Trinajstić information content (AvgIpc) is 2.67. The standard InChI is InChI=1S/C11H13FN2O2/c1-11(2)9(10(11)13)7-5-6(14(15)16)3-4-8(7)12/h3-5,9-10H,13H2,1-2H3. The van der Waals surface area contributed by atoms with Gasteiger partial charge >= 0.3 is 0 Å². The van der Waals surface area contributed by atoms with Crippen molar-refractivity contribution in [1.82, 2.24) is 0 Å². The molecule has 1 aromatic carbocycles. The van der Waals surface area contributed by atoms with Gasteiger partial charge in [-0.25, -0.2) is 4.39 Å². The molecule has 1 aromatic rings. The summed E-state index contributed by atoms with van der Waals surface area (Å²) in [5.41, 5.74) is 5.91. The second kappa shape index (κ2) is 3.25. The molecule has 0 bridgehead atoms. The van der Waals surface area contributed by atoms with Crippen molar-refractivity contribution in [2.75, 3.05) is 0 Å². The molecule has 16 heavy (non-hydrogen) atoms. The van der Waals surface area contributed by atoms with Gasteiger partial charge in [0.15, 0.2) is 0 Å². The third-order valence-corrected chi connectivity index (χ3v) is 3.44. The molecule has 0 aliphatic heterocycles. The molecule has 0 spiro atoms. The van der Waals surface area contributed by atoms with Crippen LogP contribution in [0.25, 0.3) is 0 Å². The Morgan fingerprint density at radius 2 is 2.06 bits per heavy atom. The summed E-state index contributed by atoms with van der Waals surface area (Å²) in [7, 11) is 0.